The first-order chi connectivity index (χ1) is 3.93. The molecule has 46 valence electrons. The lowest BCUT2D eigenvalue weighted by Gasteiger charge is -2.12. The zero-order valence-corrected chi connectivity index (χ0v) is 6.08. The minimum absolute atomic E-state index is 0.869. The minimum atomic E-state index is 0.869. The van der Waals surface area contributed by atoms with E-state index in [4.69, 9.17) is 0 Å². The van der Waals surface area contributed by atoms with Crippen LogP contribution in [0, 0.1) is 5.92 Å². The minimum Gasteiger partial charge on any atom is -0.157 e. The second-order valence-corrected chi connectivity index (χ2v) is 3.21. The van der Waals surface area contributed by atoms with Gasteiger partial charge in [-0.3, -0.25) is 0 Å². The summed E-state index contributed by atoms with van der Waals surface area (Å²) in [4.78, 5) is 0. The summed E-state index contributed by atoms with van der Waals surface area (Å²) >= 11 is 2.04. The second-order valence-electron chi connectivity index (χ2n) is 2.13. The molecule has 0 saturated carbocycles. The fourth-order valence-corrected chi connectivity index (χ4v) is 1.88. The first-order valence-electron chi connectivity index (χ1n) is 3.18. The Hall–Kier alpha value is 0.0900. The maximum Gasteiger partial charge on any atom is 0.0113 e. The third-order valence-corrected chi connectivity index (χ3v) is 2.57. The van der Waals surface area contributed by atoms with Crippen LogP contribution in [0.15, 0.2) is 12.2 Å². The normalized spacial score (nSPS) is 28.4. The van der Waals surface area contributed by atoms with Gasteiger partial charge in [0.2, 0.25) is 0 Å². The molecule has 0 aromatic rings. The van der Waals surface area contributed by atoms with Gasteiger partial charge in [0.15, 0.2) is 0 Å². The first kappa shape index (κ1) is 6.21. The van der Waals surface area contributed by atoms with Crippen LogP contribution < -0.4 is 0 Å². The van der Waals surface area contributed by atoms with Crippen molar-refractivity contribution in [2.24, 2.45) is 5.92 Å². The van der Waals surface area contributed by atoms with Crippen molar-refractivity contribution in [3.05, 3.63) is 12.2 Å². The van der Waals surface area contributed by atoms with Gasteiger partial charge in [-0.2, -0.15) is 11.8 Å². The van der Waals surface area contributed by atoms with Gasteiger partial charge in [-0.25, -0.2) is 0 Å². The number of hydrogen-bond donors (Lipinski definition) is 0. The molecule has 1 atom stereocenters. The van der Waals surface area contributed by atoms with Crippen LogP contribution in [0.25, 0.3) is 0 Å². The highest BCUT2D eigenvalue weighted by molar-refractivity contribution is 7.99. The molecule has 1 aliphatic heterocycles. The fourth-order valence-electron chi connectivity index (χ4n) is 0.845. The van der Waals surface area contributed by atoms with Crippen LogP contribution in [0.2, 0.25) is 0 Å². The fraction of sp³-hybridized carbons (Fsp3) is 0.714. The van der Waals surface area contributed by atoms with Crippen LogP contribution in [0.5, 0.6) is 0 Å². The average Bonchev–Trinajstić information content (AvgIpc) is 1.90. The lowest BCUT2D eigenvalue weighted by atomic mass is 10.1. The summed E-state index contributed by atoms with van der Waals surface area (Å²) in [5.41, 5.74) is 0. The van der Waals surface area contributed by atoms with Crippen molar-refractivity contribution in [1.29, 1.82) is 0 Å². The van der Waals surface area contributed by atoms with E-state index in [1.807, 2.05) is 11.8 Å². The molecule has 0 aromatic heterocycles. The van der Waals surface area contributed by atoms with Crippen LogP contribution in [-0.2, 0) is 0 Å². The van der Waals surface area contributed by atoms with E-state index in [1.54, 1.807) is 0 Å². The van der Waals surface area contributed by atoms with Gasteiger partial charge in [0.25, 0.3) is 0 Å². The SMILES string of the molecule is CCC1C=CCSC1. The van der Waals surface area contributed by atoms with E-state index >= 15 is 0 Å². The molecule has 8 heavy (non-hydrogen) atoms. The Morgan fingerprint density at radius 1 is 1.75 bits per heavy atom. The van der Waals surface area contributed by atoms with E-state index in [-0.39, 0.29) is 0 Å². The van der Waals surface area contributed by atoms with Gasteiger partial charge in [0.05, 0.1) is 0 Å². The molecule has 1 heterocycles. The van der Waals surface area contributed by atoms with E-state index in [2.05, 4.69) is 19.1 Å². The quantitative estimate of drug-likeness (QED) is 0.488. The summed E-state index contributed by atoms with van der Waals surface area (Å²) in [5.74, 6) is 3.44. The van der Waals surface area contributed by atoms with Gasteiger partial charge in [0.1, 0.15) is 0 Å². The Balaban J connectivity index is 2.32. The van der Waals surface area contributed by atoms with Gasteiger partial charge in [-0.15, -0.1) is 0 Å². The molecule has 0 radical (unpaired) electrons. The van der Waals surface area contributed by atoms with Crippen molar-refractivity contribution in [3.8, 4) is 0 Å². The van der Waals surface area contributed by atoms with Crippen molar-refractivity contribution in [2.45, 2.75) is 13.3 Å². The highest BCUT2D eigenvalue weighted by Gasteiger charge is 2.03. The molecule has 0 bridgehead atoms. The molecule has 0 N–H and O–H groups in total. The largest absolute Gasteiger partial charge is 0.157 e. The molecule has 1 unspecified atom stereocenters. The Morgan fingerprint density at radius 2 is 2.62 bits per heavy atom. The molecule has 0 spiro atoms. The second kappa shape index (κ2) is 3.18. The smallest absolute Gasteiger partial charge is 0.0113 e. The van der Waals surface area contributed by atoms with E-state index < -0.39 is 0 Å². The topological polar surface area (TPSA) is 0 Å². The summed E-state index contributed by atoms with van der Waals surface area (Å²) in [6.07, 6.45) is 5.93. The predicted molar refractivity (Wildman–Crippen MR) is 40.2 cm³/mol. The van der Waals surface area contributed by atoms with Crippen molar-refractivity contribution < 1.29 is 0 Å². The number of thioether (sulfide) groups is 1. The molecule has 1 aliphatic rings. The Morgan fingerprint density at radius 3 is 3.00 bits per heavy atom. The van der Waals surface area contributed by atoms with E-state index in [0.29, 0.717) is 0 Å². The number of allylic oxidation sites excluding steroid dienone is 1. The molecule has 0 nitrogen and oxygen atoms in total. The van der Waals surface area contributed by atoms with Crippen LogP contribution >= 0.6 is 11.8 Å². The Kier molecular flexibility index (Phi) is 2.47. The lowest BCUT2D eigenvalue weighted by molar-refractivity contribution is 0.705. The van der Waals surface area contributed by atoms with Gasteiger partial charge in [-0.1, -0.05) is 19.1 Å². The lowest BCUT2D eigenvalue weighted by Crippen LogP contribution is -2.02. The van der Waals surface area contributed by atoms with Crippen molar-refractivity contribution in [2.75, 3.05) is 11.5 Å². The Bertz CT molecular complexity index is 86.4. The summed E-state index contributed by atoms with van der Waals surface area (Å²) in [6.45, 7) is 2.25. The average molecular weight is 128 g/mol. The molecule has 0 amide bonds. The monoisotopic (exact) mass is 128 g/mol. The van der Waals surface area contributed by atoms with Crippen LogP contribution in [0.1, 0.15) is 13.3 Å². The first-order valence-corrected chi connectivity index (χ1v) is 4.33. The molecule has 1 heteroatoms. The summed E-state index contributed by atoms with van der Waals surface area (Å²) in [7, 11) is 0. The van der Waals surface area contributed by atoms with Crippen LogP contribution in [0.4, 0.5) is 0 Å². The van der Waals surface area contributed by atoms with Crippen LogP contribution in [0.3, 0.4) is 0 Å². The molecular weight excluding hydrogens is 116 g/mol. The zero-order chi connectivity index (χ0) is 5.82. The van der Waals surface area contributed by atoms with Crippen molar-refractivity contribution in [1.82, 2.24) is 0 Å². The third-order valence-electron chi connectivity index (χ3n) is 1.48. The highest BCUT2D eigenvalue weighted by Crippen LogP contribution is 2.18. The summed E-state index contributed by atoms with van der Waals surface area (Å²) in [6, 6.07) is 0. The van der Waals surface area contributed by atoms with E-state index in [0.717, 1.165) is 5.92 Å². The maximum atomic E-state index is 2.34. The summed E-state index contributed by atoms with van der Waals surface area (Å²) < 4.78 is 0. The Labute approximate surface area is 55.4 Å². The van der Waals surface area contributed by atoms with E-state index in [9.17, 15) is 0 Å². The molecule has 0 aromatic carbocycles. The molecular formula is C7H12S. The standard InChI is InChI=1S/C7H12S/c1-2-7-4-3-5-8-6-7/h3-4,7H,2,5-6H2,1H3. The van der Waals surface area contributed by atoms with Gasteiger partial charge < -0.3 is 0 Å². The number of hydrogen-bond acceptors (Lipinski definition) is 1. The van der Waals surface area contributed by atoms with Gasteiger partial charge >= 0.3 is 0 Å². The zero-order valence-electron chi connectivity index (χ0n) is 5.26. The molecule has 1 rings (SSSR count). The van der Waals surface area contributed by atoms with Gasteiger partial charge in [-0.05, 0) is 18.1 Å². The summed E-state index contributed by atoms with van der Waals surface area (Å²) in [5, 5.41) is 0. The maximum absolute atomic E-state index is 2.34. The molecule has 0 fully saturated rings. The predicted octanol–water partition coefficient (Wildman–Crippen LogP) is 2.32. The van der Waals surface area contributed by atoms with Gasteiger partial charge in [0, 0.05) is 5.75 Å². The highest BCUT2D eigenvalue weighted by atomic mass is 32.2. The third kappa shape index (κ3) is 1.55. The van der Waals surface area contributed by atoms with Crippen molar-refractivity contribution in [3.63, 3.8) is 0 Å². The molecule has 0 saturated heterocycles. The number of rotatable bonds is 1. The van der Waals surface area contributed by atoms with Crippen LogP contribution in [-0.4, -0.2) is 11.5 Å². The molecule has 0 aliphatic carbocycles. The van der Waals surface area contributed by atoms with Crippen molar-refractivity contribution >= 4 is 11.8 Å². The van der Waals surface area contributed by atoms with E-state index in [1.165, 1.54) is 17.9 Å².